The first-order valence-electron chi connectivity index (χ1n) is 10.0. The highest BCUT2D eigenvalue weighted by molar-refractivity contribution is 6.18. The molecule has 7 heteroatoms. The van der Waals surface area contributed by atoms with E-state index in [9.17, 15) is 9.59 Å². The summed E-state index contributed by atoms with van der Waals surface area (Å²) in [6.45, 7) is 1.23. The van der Waals surface area contributed by atoms with Gasteiger partial charge >= 0.3 is 11.6 Å². The van der Waals surface area contributed by atoms with Gasteiger partial charge in [-0.2, -0.15) is 0 Å². The SMILES string of the molecule is O=C(OCCOCCOCCO)c1ccc2c(c1)c(=O)oc1ccc3ccccc3c12. The second-order valence-corrected chi connectivity index (χ2v) is 6.89. The van der Waals surface area contributed by atoms with Gasteiger partial charge in [-0.1, -0.05) is 36.4 Å². The molecule has 1 N–H and O–H groups in total. The average molecular weight is 422 g/mol. The Balaban J connectivity index is 1.52. The Kier molecular flexibility index (Phi) is 6.57. The fourth-order valence-corrected chi connectivity index (χ4v) is 3.49. The van der Waals surface area contributed by atoms with E-state index in [0.717, 1.165) is 21.5 Å². The summed E-state index contributed by atoms with van der Waals surface area (Å²) in [6.07, 6.45) is 0. The highest BCUT2D eigenvalue weighted by Gasteiger charge is 2.14. The lowest BCUT2D eigenvalue weighted by atomic mass is 10.00. The minimum Gasteiger partial charge on any atom is -0.460 e. The maximum Gasteiger partial charge on any atom is 0.344 e. The van der Waals surface area contributed by atoms with E-state index in [1.54, 1.807) is 18.2 Å². The zero-order valence-electron chi connectivity index (χ0n) is 16.8. The molecule has 0 unspecified atom stereocenters. The van der Waals surface area contributed by atoms with Crippen LogP contribution in [0, 0.1) is 0 Å². The van der Waals surface area contributed by atoms with Crippen LogP contribution in [0.3, 0.4) is 0 Å². The molecule has 4 rings (SSSR count). The number of aliphatic hydroxyl groups excluding tert-OH is 1. The standard InChI is InChI=1S/C24H22O7/c25-9-10-28-11-12-29-13-14-30-23(26)17-5-7-19-20(15-17)24(27)31-21-8-6-16-3-1-2-4-18(16)22(19)21/h1-8,15,25H,9-14H2. The quantitative estimate of drug-likeness (QED) is 0.191. The molecule has 0 aliphatic rings. The number of carbonyl (C=O) groups excluding carboxylic acids is 1. The summed E-state index contributed by atoms with van der Waals surface area (Å²) < 4.78 is 21.1. The fourth-order valence-electron chi connectivity index (χ4n) is 3.49. The van der Waals surface area contributed by atoms with Crippen molar-refractivity contribution in [2.45, 2.75) is 0 Å². The normalized spacial score (nSPS) is 11.4. The van der Waals surface area contributed by atoms with Crippen LogP contribution >= 0.6 is 0 Å². The van der Waals surface area contributed by atoms with Crippen molar-refractivity contribution in [3.63, 3.8) is 0 Å². The molecule has 0 saturated heterocycles. The molecular formula is C24H22O7. The number of aliphatic hydroxyl groups is 1. The number of rotatable bonds is 9. The van der Waals surface area contributed by atoms with Crippen LogP contribution in [0.15, 0.2) is 63.8 Å². The predicted octanol–water partition coefficient (Wildman–Crippen LogP) is 3.28. The van der Waals surface area contributed by atoms with Crippen molar-refractivity contribution >= 4 is 38.5 Å². The predicted molar refractivity (Wildman–Crippen MR) is 117 cm³/mol. The number of hydrogen-bond acceptors (Lipinski definition) is 7. The Morgan fingerprint density at radius 1 is 0.839 bits per heavy atom. The fraction of sp³-hybridized carbons (Fsp3) is 0.250. The number of carbonyl (C=O) groups is 1. The van der Waals surface area contributed by atoms with Crippen molar-refractivity contribution in [2.75, 3.05) is 39.6 Å². The van der Waals surface area contributed by atoms with Crippen LogP contribution in [0.4, 0.5) is 0 Å². The van der Waals surface area contributed by atoms with E-state index in [0.29, 0.717) is 24.2 Å². The van der Waals surface area contributed by atoms with Gasteiger partial charge in [0.1, 0.15) is 12.2 Å². The van der Waals surface area contributed by atoms with Gasteiger partial charge in [0.05, 0.1) is 44.0 Å². The van der Waals surface area contributed by atoms with Crippen LogP contribution in [0.2, 0.25) is 0 Å². The Hall–Kier alpha value is -3.26. The van der Waals surface area contributed by atoms with E-state index in [1.165, 1.54) is 6.07 Å². The summed E-state index contributed by atoms with van der Waals surface area (Å²) in [6, 6.07) is 16.5. The van der Waals surface area contributed by atoms with Crippen molar-refractivity contribution < 1.29 is 28.5 Å². The summed E-state index contributed by atoms with van der Waals surface area (Å²) in [7, 11) is 0. The van der Waals surface area contributed by atoms with Crippen LogP contribution < -0.4 is 5.63 Å². The third kappa shape index (κ3) is 4.59. The third-order valence-electron chi connectivity index (χ3n) is 4.91. The molecule has 0 spiro atoms. The topological polar surface area (TPSA) is 95.2 Å². The summed E-state index contributed by atoms with van der Waals surface area (Å²) >= 11 is 0. The molecule has 1 aromatic heterocycles. The molecule has 4 aromatic rings. The molecule has 0 amide bonds. The van der Waals surface area contributed by atoms with Gasteiger partial charge in [-0.05, 0) is 29.0 Å². The first-order valence-corrected chi connectivity index (χ1v) is 10.0. The summed E-state index contributed by atoms with van der Waals surface area (Å²) in [5.74, 6) is -0.542. The number of fused-ring (bicyclic) bond motifs is 5. The first-order chi connectivity index (χ1) is 15.2. The monoisotopic (exact) mass is 422 g/mol. The smallest absolute Gasteiger partial charge is 0.344 e. The molecule has 0 bridgehead atoms. The van der Waals surface area contributed by atoms with Crippen LogP contribution in [0.25, 0.3) is 32.5 Å². The van der Waals surface area contributed by atoms with Crippen LogP contribution in [0.1, 0.15) is 10.4 Å². The van der Waals surface area contributed by atoms with E-state index in [4.69, 9.17) is 23.7 Å². The van der Waals surface area contributed by atoms with Gasteiger partial charge in [0.15, 0.2) is 0 Å². The minimum atomic E-state index is -0.542. The zero-order valence-corrected chi connectivity index (χ0v) is 16.8. The lowest BCUT2D eigenvalue weighted by Gasteiger charge is -2.09. The second kappa shape index (κ2) is 9.70. The van der Waals surface area contributed by atoms with Gasteiger partial charge in [0, 0.05) is 10.8 Å². The molecule has 31 heavy (non-hydrogen) atoms. The largest absolute Gasteiger partial charge is 0.460 e. The molecule has 1 heterocycles. The van der Waals surface area contributed by atoms with E-state index in [1.807, 2.05) is 30.3 Å². The maximum absolute atomic E-state index is 12.5. The van der Waals surface area contributed by atoms with Crippen LogP contribution in [0.5, 0.6) is 0 Å². The minimum absolute atomic E-state index is 0.0340. The number of benzene rings is 3. The Bertz CT molecular complexity index is 1280. The maximum atomic E-state index is 12.5. The van der Waals surface area contributed by atoms with Crippen molar-refractivity contribution in [1.29, 1.82) is 0 Å². The van der Waals surface area contributed by atoms with E-state index in [-0.39, 0.29) is 32.0 Å². The molecule has 0 atom stereocenters. The third-order valence-corrected chi connectivity index (χ3v) is 4.91. The molecular weight excluding hydrogens is 400 g/mol. The van der Waals surface area contributed by atoms with E-state index >= 15 is 0 Å². The first kappa shape index (κ1) is 21.0. The van der Waals surface area contributed by atoms with Gasteiger partial charge in [0.25, 0.3) is 0 Å². The van der Waals surface area contributed by atoms with Gasteiger partial charge in [-0.15, -0.1) is 0 Å². The molecule has 3 aromatic carbocycles. The summed E-state index contributed by atoms with van der Waals surface area (Å²) in [5, 5.41) is 12.5. The Morgan fingerprint density at radius 2 is 1.61 bits per heavy atom. The average Bonchev–Trinajstić information content (AvgIpc) is 2.80. The van der Waals surface area contributed by atoms with Gasteiger partial charge in [-0.3, -0.25) is 0 Å². The van der Waals surface area contributed by atoms with Crippen LogP contribution in [-0.2, 0) is 14.2 Å². The van der Waals surface area contributed by atoms with E-state index in [2.05, 4.69) is 0 Å². The summed E-state index contributed by atoms with van der Waals surface area (Å²) in [5.41, 5.74) is 0.274. The number of hydrogen-bond donors (Lipinski definition) is 1. The van der Waals surface area contributed by atoms with Crippen molar-refractivity contribution in [3.05, 3.63) is 70.6 Å². The zero-order chi connectivity index (χ0) is 21.6. The molecule has 0 radical (unpaired) electrons. The highest BCUT2D eigenvalue weighted by atomic mass is 16.6. The highest BCUT2D eigenvalue weighted by Crippen LogP contribution is 2.30. The van der Waals surface area contributed by atoms with Gasteiger partial charge in [0.2, 0.25) is 0 Å². The molecule has 7 nitrogen and oxygen atoms in total. The van der Waals surface area contributed by atoms with Gasteiger partial charge in [-0.25, -0.2) is 9.59 Å². The molecule has 0 aliphatic heterocycles. The molecule has 160 valence electrons. The molecule has 0 saturated carbocycles. The van der Waals surface area contributed by atoms with Crippen molar-refractivity contribution in [2.24, 2.45) is 0 Å². The second-order valence-electron chi connectivity index (χ2n) is 6.89. The number of ether oxygens (including phenoxy) is 3. The molecule has 0 aliphatic carbocycles. The van der Waals surface area contributed by atoms with Crippen molar-refractivity contribution in [3.8, 4) is 0 Å². The van der Waals surface area contributed by atoms with Crippen LogP contribution in [-0.4, -0.2) is 50.7 Å². The summed E-state index contributed by atoms with van der Waals surface area (Å²) in [4.78, 5) is 24.9. The lowest BCUT2D eigenvalue weighted by Crippen LogP contribution is -2.14. The Morgan fingerprint density at radius 3 is 2.45 bits per heavy atom. The molecule has 0 fully saturated rings. The van der Waals surface area contributed by atoms with Gasteiger partial charge < -0.3 is 23.7 Å². The Labute approximate surface area is 177 Å². The lowest BCUT2D eigenvalue weighted by molar-refractivity contribution is 0.00920. The van der Waals surface area contributed by atoms with Crippen molar-refractivity contribution in [1.82, 2.24) is 0 Å². The number of esters is 1. The van der Waals surface area contributed by atoms with E-state index < -0.39 is 11.6 Å².